The van der Waals surface area contributed by atoms with E-state index < -0.39 is 0 Å². The molecular weight excluding hydrogens is 346 g/mol. The highest BCUT2D eigenvalue weighted by Crippen LogP contribution is 2.32. The Morgan fingerprint density at radius 2 is 1.85 bits per heavy atom. The van der Waals surface area contributed by atoms with Crippen LogP contribution < -0.4 is 10.3 Å². The Labute approximate surface area is 155 Å². The van der Waals surface area contributed by atoms with Gasteiger partial charge in [-0.3, -0.25) is 4.79 Å². The molecule has 0 spiro atoms. The van der Waals surface area contributed by atoms with Gasteiger partial charge in [0.15, 0.2) is 0 Å². The summed E-state index contributed by atoms with van der Waals surface area (Å²) in [4.78, 5) is 32.9. The van der Waals surface area contributed by atoms with Crippen molar-refractivity contribution in [2.45, 2.75) is 44.6 Å². The summed E-state index contributed by atoms with van der Waals surface area (Å²) in [5.74, 6) is 0.956. The molecule has 0 unspecified atom stereocenters. The first-order valence-electron chi connectivity index (χ1n) is 9.01. The van der Waals surface area contributed by atoms with Gasteiger partial charge in [0.05, 0.1) is 24.5 Å². The molecule has 8 nitrogen and oxygen atoms in total. The maximum Gasteiger partial charge on any atom is 0.316 e. The van der Waals surface area contributed by atoms with E-state index in [1.165, 1.54) is 7.11 Å². The number of nitrogens with zero attached hydrogens (tertiary/aromatic N) is 4. The van der Waals surface area contributed by atoms with Crippen LogP contribution in [0.2, 0.25) is 0 Å². The van der Waals surface area contributed by atoms with Gasteiger partial charge in [-0.2, -0.15) is 0 Å². The van der Waals surface area contributed by atoms with Crippen LogP contribution in [0.4, 0.5) is 0 Å². The molecule has 2 N–H and O–H groups in total. The Morgan fingerprint density at radius 3 is 2.52 bits per heavy atom. The number of aromatic amines is 1. The van der Waals surface area contributed by atoms with Crippen molar-refractivity contribution in [1.29, 1.82) is 0 Å². The average Bonchev–Trinajstić information content (AvgIpc) is 2.68. The third kappa shape index (κ3) is 3.40. The summed E-state index contributed by atoms with van der Waals surface area (Å²) >= 11 is 0. The van der Waals surface area contributed by atoms with Crippen molar-refractivity contribution in [3.8, 4) is 17.1 Å². The summed E-state index contributed by atoms with van der Waals surface area (Å²) in [5.41, 5.74) is 2.16. The summed E-state index contributed by atoms with van der Waals surface area (Å²) in [5, 5.41) is 10.5. The number of aliphatic hydroxyl groups excluding tert-OH is 1. The molecule has 0 saturated heterocycles. The number of aromatic nitrogens is 5. The van der Waals surface area contributed by atoms with E-state index in [-0.39, 0.29) is 23.6 Å². The molecule has 1 aliphatic rings. The Morgan fingerprint density at radius 1 is 1.15 bits per heavy atom. The second kappa shape index (κ2) is 7.03. The lowest BCUT2D eigenvalue weighted by Crippen LogP contribution is -2.19. The largest absolute Gasteiger partial charge is 0.467 e. The van der Waals surface area contributed by atoms with Gasteiger partial charge in [-0.15, -0.1) is 0 Å². The molecular formula is C19H21N5O3. The van der Waals surface area contributed by atoms with E-state index in [1.807, 2.05) is 6.92 Å². The van der Waals surface area contributed by atoms with Gasteiger partial charge in [0.25, 0.3) is 5.56 Å². The Hall–Kier alpha value is -2.87. The van der Waals surface area contributed by atoms with Gasteiger partial charge in [-0.05, 0) is 38.7 Å². The van der Waals surface area contributed by atoms with Crippen LogP contribution in [-0.2, 0) is 0 Å². The van der Waals surface area contributed by atoms with E-state index in [2.05, 4.69) is 24.9 Å². The number of methoxy groups -OCH3 is 1. The van der Waals surface area contributed by atoms with Crippen LogP contribution in [0.3, 0.4) is 0 Å². The quantitative estimate of drug-likeness (QED) is 0.729. The SMILES string of the molecule is COc1ncc(-c2cc3c(C)nc([C@H]4CC[C@H](O)CC4)nc3[nH]c2=O)cn1. The highest BCUT2D eigenvalue weighted by molar-refractivity contribution is 5.82. The van der Waals surface area contributed by atoms with Crippen molar-refractivity contribution in [1.82, 2.24) is 24.9 Å². The Balaban J connectivity index is 1.75. The molecule has 0 aromatic carbocycles. The van der Waals surface area contributed by atoms with Crippen molar-refractivity contribution in [3.05, 3.63) is 40.3 Å². The first-order chi connectivity index (χ1) is 13.0. The van der Waals surface area contributed by atoms with Crippen molar-refractivity contribution in [2.75, 3.05) is 7.11 Å². The summed E-state index contributed by atoms with van der Waals surface area (Å²) < 4.78 is 4.96. The fraction of sp³-hybridized carbons (Fsp3) is 0.421. The van der Waals surface area contributed by atoms with Gasteiger partial charge < -0.3 is 14.8 Å². The van der Waals surface area contributed by atoms with Crippen molar-refractivity contribution < 1.29 is 9.84 Å². The molecule has 27 heavy (non-hydrogen) atoms. The number of aryl methyl sites for hydroxylation is 1. The Bertz CT molecular complexity index is 1020. The predicted octanol–water partition coefficient (Wildman–Crippen LogP) is 2.11. The van der Waals surface area contributed by atoms with Crippen molar-refractivity contribution in [3.63, 3.8) is 0 Å². The number of hydrogen-bond donors (Lipinski definition) is 2. The molecule has 0 atom stereocenters. The number of ether oxygens (including phenoxy) is 1. The first-order valence-corrected chi connectivity index (χ1v) is 9.01. The van der Waals surface area contributed by atoms with Crippen molar-refractivity contribution >= 4 is 11.0 Å². The molecule has 0 radical (unpaired) electrons. The molecule has 1 aliphatic carbocycles. The van der Waals surface area contributed by atoms with Crippen LogP contribution in [0, 0.1) is 6.92 Å². The minimum absolute atomic E-state index is 0.217. The van der Waals surface area contributed by atoms with E-state index >= 15 is 0 Å². The van der Waals surface area contributed by atoms with Crippen LogP contribution in [0.25, 0.3) is 22.2 Å². The molecule has 8 heteroatoms. The van der Waals surface area contributed by atoms with Gasteiger partial charge in [0.2, 0.25) is 0 Å². The second-order valence-corrected chi connectivity index (χ2v) is 6.91. The summed E-state index contributed by atoms with van der Waals surface area (Å²) in [6.07, 6.45) is 6.13. The number of pyridine rings is 1. The van der Waals surface area contributed by atoms with E-state index in [0.29, 0.717) is 16.8 Å². The first kappa shape index (κ1) is 17.5. The molecule has 3 heterocycles. The topological polar surface area (TPSA) is 114 Å². The van der Waals surface area contributed by atoms with Crippen LogP contribution in [0.5, 0.6) is 6.01 Å². The minimum Gasteiger partial charge on any atom is -0.467 e. The van der Waals surface area contributed by atoms with E-state index in [0.717, 1.165) is 42.6 Å². The maximum atomic E-state index is 12.6. The normalized spacial score (nSPS) is 20.0. The molecule has 1 saturated carbocycles. The van der Waals surface area contributed by atoms with Crippen LogP contribution >= 0.6 is 0 Å². The molecule has 0 bridgehead atoms. The van der Waals surface area contributed by atoms with Crippen molar-refractivity contribution in [2.24, 2.45) is 0 Å². The molecule has 0 aliphatic heterocycles. The molecule has 140 valence electrons. The van der Waals surface area contributed by atoms with Gasteiger partial charge in [-0.1, -0.05) is 0 Å². The lowest BCUT2D eigenvalue weighted by Gasteiger charge is -2.24. The summed E-state index contributed by atoms with van der Waals surface area (Å²) in [6.45, 7) is 1.91. The van der Waals surface area contributed by atoms with Gasteiger partial charge in [0, 0.05) is 29.3 Å². The van der Waals surface area contributed by atoms with E-state index in [9.17, 15) is 9.90 Å². The summed E-state index contributed by atoms with van der Waals surface area (Å²) in [7, 11) is 1.49. The highest BCUT2D eigenvalue weighted by Gasteiger charge is 2.24. The smallest absolute Gasteiger partial charge is 0.316 e. The van der Waals surface area contributed by atoms with Gasteiger partial charge >= 0.3 is 6.01 Å². The molecule has 0 amide bonds. The summed E-state index contributed by atoms with van der Waals surface area (Å²) in [6, 6.07) is 2.03. The van der Waals surface area contributed by atoms with Crippen LogP contribution in [0.1, 0.15) is 43.1 Å². The number of hydrogen-bond acceptors (Lipinski definition) is 7. The molecule has 1 fully saturated rings. The fourth-order valence-electron chi connectivity index (χ4n) is 3.55. The number of nitrogens with one attached hydrogen (secondary N) is 1. The third-order valence-corrected chi connectivity index (χ3v) is 5.10. The Kier molecular flexibility index (Phi) is 4.57. The number of rotatable bonds is 3. The fourth-order valence-corrected chi connectivity index (χ4v) is 3.55. The van der Waals surface area contributed by atoms with E-state index in [1.54, 1.807) is 18.5 Å². The zero-order chi connectivity index (χ0) is 19.0. The highest BCUT2D eigenvalue weighted by atomic mass is 16.5. The van der Waals surface area contributed by atoms with Gasteiger partial charge in [0.1, 0.15) is 11.5 Å². The van der Waals surface area contributed by atoms with Gasteiger partial charge in [-0.25, -0.2) is 19.9 Å². The van der Waals surface area contributed by atoms with Crippen LogP contribution in [-0.4, -0.2) is 43.2 Å². The second-order valence-electron chi connectivity index (χ2n) is 6.91. The minimum atomic E-state index is -0.251. The van der Waals surface area contributed by atoms with E-state index in [4.69, 9.17) is 4.74 Å². The zero-order valence-electron chi connectivity index (χ0n) is 15.3. The maximum absolute atomic E-state index is 12.6. The number of aliphatic hydroxyl groups is 1. The standard InChI is InChI=1S/C19H21N5O3/c1-10-14-7-15(12-8-20-19(27-2)21-9-12)18(26)24-17(14)23-16(22-10)11-3-5-13(25)6-4-11/h7-9,11,13,25H,3-6H2,1-2H3,(H,22,23,24,26)/t11-,13-. The average molecular weight is 367 g/mol. The number of fused-ring (bicyclic) bond motifs is 1. The molecule has 4 rings (SSSR count). The predicted molar refractivity (Wildman–Crippen MR) is 99.7 cm³/mol. The lowest BCUT2D eigenvalue weighted by molar-refractivity contribution is 0.121. The van der Waals surface area contributed by atoms with Crippen LogP contribution in [0.15, 0.2) is 23.3 Å². The molecule has 3 aromatic heterocycles. The molecule has 3 aromatic rings. The monoisotopic (exact) mass is 367 g/mol. The zero-order valence-corrected chi connectivity index (χ0v) is 15.3. The third-order valence-electron chi connectivity index (χ3n) is 5.10. The lowest BCUT2D eigenvalue weighted by atomic mass is 9.87. The number of H-pyrrole nitrogens is 1.